The molecule has 0 spiro atoms. The normalized spacial score (nSPS) is 28.4. The Morgan fingerprint density at radius 1 is 1.62 bits per heavy atom. The Balaban J connectivity index is 2.64. The van der Waals surface area contributed by atoms with E-state index in [9.17, 15) is 0 Å². The van der Waals surface area contributed by atoms with Crippen molar-refractivity contribution in [2.24, 2.45) is 0 Å². The van der Waals surface area contributed by atoms with Gasteiger partial charge in [-0.2, -0.15) is 0 Å². The highest BCUT2D eigenvalue weighted by Gasteiger charge is 2.26. The SMILES string of the molecule is C=C1[CH+]C(O)CC1=C. The van der Waals surface area contributed by atoms with Gasteiger partial charge in [-0.25, -0.2) is 0 Å². The summed E-state index contributed by atoms with van der Waals surface area (Å²) in [4.78, 5) is 0. The first-order valence-corrected chi connectivity index (χ1v) is 2.60. The average molecular weight is 109 g/mol. The molecule has 0 radical (unpaired) electrons. The van der Waals surface area contributed by atoms with E-state index < -0.39 is 0 Å². The highest BCUT2D eigenvalue weighted by atomic mass is 16.3. The number of hydrogen-bond donors (Lipinski definition) is 1. The summed E-state index contributed by atoms with van der Waals surface area (Å²) in [6.45, 7) is 7.37. The molecule has 0 saturated heterocycles. The third kappa shape index (κ3) is 0.771. The first kappa shape index (κ1) is 5.45. The Labute approximate surface area is 49.3 Å². The molecule has 8 heavy (non-hydrogen) atoms. The molecule has 1 nitrogen and oxygen atoms in total. The van der Waals surface area contributed by atoms with E-state index in [1.807, 2.05) is 0 Å². The van der Waals surface area contributed by atoms with Crippen LogP contribution in [0.2, 0.25) is 0 Å². The van der Waals surface area contributed by atoms with E-state index >= 15 is 0 Å². The van der Waals surface area contributed by atoms with Crippen molar-refractivity contribution in [3.63, 3.8) is 0 Å². The Hall–Kier alpha value is -0.690. The van der Waals surface area contributed by atoms with Crippen molar-refractivity contribution in [1.82, 2.24) is 0 Å². The molecule has 42 valence electrons. The molecule has 1 rings (SSSR count). The van der Waals surface area contributed by atoms with Crippen molar-refractivity contribution in [2.45, 2.75) is 12.5 Å². The van der Waals surface area contributed by atoms with Crippen molar-refractivity contribution in [3.8, 4) is 0 Å². The molecule has 0 heterocycles. The molecule has 0 aromatic carbocycles. The maximum Gasteiger partial charge on any atom is 0.133 e. The van der Waals surface area contributed by atoms with Crippen LogP contribution in [0.15, 0.2) is 24.3 Å². The van der Waals surface area contributed by atoms with Gasteiger partial charge in [0.05, 0.1) is 18.4 Å². The summed E-state index contributed by atoms with van der Waals surface area (Å²) in [5.74, 6) is 0. The Morgan fingerprint density at radius 2 is 2.25 bits per heavy atom. The Bertz CT molecular complexity index is 119. The molecule has 1 N–H and O–H groups in total. The highest BCUT2D eigenvalue weighted by Crippen LogP contribution is 2.25. The van der Waals surface area contributed by atoms with Crippen LogP contribution in [-0.2, 0) is 0 Å². The van der Waals surface area contributed by atoms with Crippen LogP contribution in [0.4, 0.5) is 0 Å². The summed E-state index contributed by atoms with van der Waals surface area (Å²) in [6, 6.07) is 0. The summed E-state index contributed by atoms with van der Waals surface area (Å²) in [7, 11) is 0. The lowest BCUT2D eigenvalue weighted by molar-refractivity contribution is 0.222. The zero-order chi connectivity index (χ0) is 6.15. The molecule has 0 bridgehead atoms. The molecule has 0 aliphatic heterocycles. The molecule has 1 unspecified atom stereocenters. The summed E-state index contributed by atoms with van der Waals surface area (Å²) in [5, 5.41) is 8.89. The largest absolute Gasteiger partial charge is 0.375 e. The monoisotopic (exact) mass is 109 g/mol. The number of hydrogen-bond acceptors (Lipinski definition) is 1. The van der Waals surface area contributed by atoms with Crippen LogP contribution in [0.25, 0.3) is 0 Å². The second-order valence-corrected chi connectivity index (χ2v) is 2.07. The maximum absolute atomic E-state index is 8.89. The zero-order valence-electron chi connectivity index (χ0n) is 4.72. The van der Waals surface area contributed by atoms with Gasteiger partial charge in [0.1, 0.15) is 11.7 Å². The van der Waals surface area contributed by atoms with Crippen LogP contribution < -0.4 is 0 Å². The van der Waals surface area contributed by atoms with Crippen LogP contribution in [0.3, 0.4) is 0 Å². The smallest absolute Gasteiger partial charge is 0.133 e. The molecule has 0 amide bonds. The standard InChI is InChI=1S/C7H9O/c1-5-3-7(8)4-6(5)2/h3,7-8H,1-2,4H2/q+1. The van der Waals surface area contributed by atoms with Crippen molar-refractivity contribution >= 4 is 0 Å². The van der Waals surface area contributed by atoms with E-state index in [2.05, 4.69) is 13.2 Å². The first-order chi connectivity index (χ1) is 3.70. The summed E-state index contributed by atoms with van der Waals surface area (Å²) >= 11 is 0. The lowest BCUT2D eigenvalue weighted by Crippen LogP contribution is -1.96. The number of rotatable bonds is 0. The first-order valence-electron chi connectivity index (χ1n) is 2.60. The van der Waals surface area contributed by atoms with Crippen LogP contribution in [0.1, 0.15) is 6.42 Å². The van der Waals surface area contributed by atoms with Gasteiger partial charge < -0.3 is 5.11 Å². The van der Waals surface area contributed by atoms with Crippen molar-refractivity contribution in [2.75, 3.05) is 0 Å². The predicted molar refractivity (Wildman–Crippen MR) is 33.2 cm³/mol. The minimum absolute atomic E-state index is 0.324. The molecular formula is C7H9O+. The van der Waals surface area contributed by atoms with Crippen molar-refractivity contribution in [1.29, 1.82) is 0 Å². The van der Waals surface area contributed by atoms with E-state index in [0.717, 1.165) is 11.1 Å². The van der Waals surface area contributed by atoms with Crippen LogP contribution >= 0.6 is 0 Å². The van der Waals surface area contributed by atoms with Gasteiger partial charge in [0.15, 0.2) is 0 Å². The highest BCUT2D eigenvalue weighted by molar-refractivity contribution is 5.39. The van der Waals surface area contributed by atoms with E-state index in [0.29, 0.717) is 6.42 Å². The minimum atomic E-state index is -0.324. The van der Waals surface area contributed by atoms with E-state index in [-0.39, 0.29) is 6.10 Å². The van der Waals surface area contributed by atoms with Gasteiger partial charge in [0.25, 0.3) is 0 Å². The Kier molecular flexibility index (Phi) is 1.14. The summed E-state index contributed by atoms with van der Waals surface area (Å²) < 4.78 is 0. The fourth-order valence-corrected chi connectivity index (χ4v) is 0.793. The van der Waals surface area contributed by atoms with Gasteiger partial charge in [-0.1, -0.05) is 0 Å². The third-order valence-electron chi connectivity index (χ3n) is 1.30. The van der Waals surface area contributed by atoms with Gasteiger partial charge >= 0.3 is 0 Å². The molecule has 1 fully saturated rings. The van der Waals surface area contributed by atoms with Crippen LogP contribution in [0.5, 0.6) is 0 Å². The lowest BCUT2D eigenvalue weighted by Gasteiger charge is -1.85. The molecule has 0 aromatic heterocycles. The van der Waals surface area contributed by atoms with Crippen LogP contribution in [-0.4, -0.2) is 11.2 Å². The fraction of sp³-hybridized carbons (Fsp3) is 0.286. The van der Waals surface area contributed by atoms with Crippen LogP contribution in [0, 0.1) is 6.42 Å². The molecule has 0 aromatic rings. The average Bonchev–Trinajstić information content (AvgIpc) is 1.85. The Morgan fingerprint density at radius 3 is 2.38 bits per heavy atom. The van der Waals surface area contributed by atoms with E-state index in [4.69, 9.17) is 5.11 Å². The van der Waals surface area contributed by atoms with Gasteiger partial charge in [-0.3, -0.25) is 0 Å². The molecule has 1 heteroatoms. The second kappa shape index (κ2) is 1.67. The second-order valence-electron chi connectivity index (χ2n) is 2.07. The fourth-order valence-electron chi connectivity index (χ4n) is 0.793. The zero-order valence-corrected chi connectivity index (χ0v) is 4.72. The molecule has 1 saturated carbocycles. The van der Waals surface area contributed by atoms with E-state index in [1.54, 1.807) is 6.42 Å². The van der Waals surface area contributed by atoms with Gasteiger partial charge in [-0.05, 0) is 6.58 Å². The van der Waals surface area contributed by atoms with Gasteiger partial charge in [0.2, 0.25) is 0 Å². The minimum Gasteiger partial charge on any atom is -0.375 e. The third-order valence-corrected chi connectivity index (χ3v) is 1.30. The molecular weight excluding hydrogens is 100 g/mol. The molecule has 1 atom stereocenters. The van der Waals surface area contributed by atoms with E-state index in [1.165, 1.54) is 0 Å². The number of aliphatic hydroxyl groups is 1. The predicted octanol–water partition coefficient (Wildman–Crippen LogP) is 1.07. The molecule has 1 aliphatic carbocycles. The summed E-state index contributed by atoms with van der Waals surface area (Å²) in [5.41, 5.74) is 1.84. The summed E-state index contributed by atoms with van der Waals surface area (Å²) in [6.07, 6.45) is 2.07. The lowest BCUT2D eigenvalue weighted by atomic mass is 10.2. The van der Waals surface area contributed by atoms with Crippen molar-refractivity contribution in [3.05, 3.63) is 30.7 Å². The van der Waals surface area contributed by atoms with Gasteiger partial charge in [0, 0.05) is 6.58 Å². The topological polar surface area (TPSA) is 20.2 Å². The molecule has 1 aliphatic rings. The maximum atomic E-state index is 8.89. The quantitative estimate of drug-likeness (QED) is 0.461. The number of aliphatic hydroxyl groups excluding tert-OH is 1. The van der Waals surface area contributed by atoms with Crippen molar-refractivity contribution < 1.29 is 5.11 Å². The van der Waals surface area contributed by atoms with Gasteiger partial charge in [-0.15, -0.1) is 0 Å².